The van der Waals surface area contributed by atoms with Crippen LogP contribution >= 0.6 is 0 Å². The number of benzene rings is 2. The number of phenols is 1. The van der Waals surface area contributed by atoms with E-state index in [4.69, 9.17) is 5.11 Å². The van der Waals surface area contributed by atoms with Gasteiger partial charge in [-0.1, -0.05) is 67.3 Å². The van der Waals surface area contributed by atoms with Gasteiger partial charge in [-0.25, -0.2) is 0 Å². The third kappa shape index (κ3) is 4.73. The average molecular weight is 268 g/mol. The fourth-order valence-electron chi connectivity index (χ4n) is 2.79. The molecule has 0 bridgehead atoms. The maximum absolute atomic E-state index is 8.63. The molecule has 1 aliphatic carbocycles. The molecule has 0 atom stereocenters. The predicted molar refractivity (Wildman–Crippen MR) is 85.1 cm³/mol. The molecule has 1 saturated carbocycles. The van der Waals surface area contributed by atoms with Crippen molar-refractivity contribution < 1.29 is 5.11 Å². The minimum Gasteiger partial charge on any atom is -0.508 e. The number of aryl methyl sites for hydroxylation is 1. The first-order valence-corrected chi connectivity index (χ1v) is 7.56. The Labute approximate surface area is 122 Å². The Morgan fingerprint density at radius 2 is 1.55 bits per heavy atom. The fraction of sp³-hybridized carbons (Fsp3) is 0.368. The Morgan fingerprint density at radius 1 is 0.850 bits per heavy atom. The predicted octanol–water partition coefficient (Wildman–Crippen LogP) is 5.43. The van der Waals surface area contributed by atoms with Crippen molar-refractivity contribution >= 4 is 0 Å². The second-order valence-corrected chi connectivity index (χ2v) is 5.58. The standard InChI is InChI=1S/C13H18.C6H6O/c1-11-6-5-9-13(10-11)12-7-3-2-4-8-12;7-6-4-2-1-3-5-6/h5-6,9-10,12H,2-4,7-8H2,1H3;1-5,7H. The van der Waals surface area contributed by atoms with Gasteiger partial charge in [0.2, 0.25) is 0 Å². The zero-order valence-corrected chi connectivity index (χ0v) is 12.3. The zero-order valence-electron chi connectivity index (χ0n) is 12.3. The van der Waals surface area contributed by atoms with Gasteiger partial charge in [0, 0.05) is 0 Å². The molecular formula is C19H24O. The van der Waals surface area contributed by atoms with E-state index in [1.807, 2.05) is 6.07 Å². The number of rotatable bonds is 1. The van der Waals surface area contributed by atoms with E-state index >= 15 is 0 Å². The summed E-state index contributed by atoms with van der Waals surface area (Å²) in [5, 5.41) is 8.63. The normalized spacial score (nSPS) is 15.2. The number of aromatic hydroxyl groups is 1. The first-order valence-electron chi connectivity index (χ1n) is 7.56. The van der Waals surface area contributed by atoms with E-state index in [0.717, 1.165) is 5.92 Å². The van der Waals surface area contributed by atoms with Crippen LogP contribution in [0.1, 0.15) is 49.1 Å². The highest BCUT2D eigenvalue weighted by atomic mass is 16.3. The molecule has 0 unspecified atom stereocenters. The molecule has 0 heterocycles. The van der Waals surface area contributed by atoms with Gasteiger partial charge in [0.25, 0.3) is 0 Å². The van der Waals surface area contributed by atoms with Crippen molar-refractivity contribution in [1.82, 2.24) is 0 Å². The van der Waals surface area contributed by atoms with Crippen LogP contribution in [-0.2, 0) is 0 Å². The van der Waals surface area contributed by atoms with Gasteiger partial charge >= 0.3 is 0 Å². The van der Waals surface area contributed by atoms with Crippen LogP contribution in [0.5, 0.6) is 5.75 Å². The minimum atomic E-state index is 0.322. The lowest BCUT2D eigenvalue weighted by atomic mass is 9.84. The van der Waals surface area contributed by atoms with E-state index in [2.05, 4.69) is 31.2 Å². The lowest BCUT2D eigenvalue weighted by Gasteiger charge is -2.22. The molecule has 20 heavy (non-hydrogen) atoms. The lowest BCUT2D eigenvalue weighted by Crippen LogP contribution is -2.04. The van der Waals surface area contributed by atoms with Crippen LogP contribution in [0.15, 0.2) is 54.6 Å². The van der Waals surface area contributed by atoms with E-state index in [1.165, 1.54) is 37.7 Å². The molecule has 0 aliphatic heterocycles. The van der Waals surface area contributed by atoms with E-state index in [9.17, 15) is 0 Å². The number of phenolic OH excluding ortho intramolecular Hbond substituents is 1. The SMILES string of the molecule is Cc1cccc(C2CCCCC2)c1.Oc1ccccc1. The quantitative estimate of drug-likeness (QED) is 0.730. The van der Waals surface area contributed by atoms with Crippen LogP contribution in [0.25, 0.3) is 0 Å². The summed E-state index contributed by atoms with van der Waals surface area (Å²) in [4.78, 5) is 0. The lowest BCUT2D eigenvalue weighted by molar-refractivity contribution is 0.443. The molecule has 0 radical (unpaired) electrons. The van der Waals surface area contributed by atoms with Gasteiger partial charge in [-0.15, -0.1) is 0 Å². The molecule has 0 amide bonds. The third-order valence-electron chi connectivity index (χ3n) is 3.87. The van der Waals surface area contributed by atoms with E-state index < -0.39 is 0 Å². The summed E-state index contributed by atoms with van der Waals surface area (Å²) < 4.78 is 0. The summed E-state index contributed by atoms with van der Waals surface area (Å²) in [7, 11) is 0. The van der Waals surface area contributed by atoms with Crippen LogP contribution in [0.4, 0.5) is 0 Å². The third-order valence-corrected chi connectivity index (χ3v) is 3.87. The second kappa shape index (κ2) is 7.74. The first kappa shape index (κ1) is 14.6. The summed E-state index contributed by atoms with van der Waals surface area (Å²) in [5.41, 5.74) is 2.97. The molecule has 1 fully saturated rings. The maximum atomic E-state index is 8.63. The van der Waals surface area contributed by atoms with Crippen LogP contribution in [-0.4, -0.2) is 5.11 Å². The molecule has 0 aromatic heterocycles. The molecule has 1 aliphatic rings. The minimum absolute atomic E-state index is 0.322. The fourth-order valence-corrected chi connectivity index (χ4v) is 2.79. The molecule has 106 valence electrons. The highest BCUT2D eigenvalue weighted by Crippen LogP contribution is 2.32. The molecule has 2 aromatic rings. The summed E-state index contributed by atoms with van der Waals surface area (Å²) >= 11 is 0. The van der Waals surface area contributed by atoms with Gasteiger partial charge in [0.15, 0.2) is 0 Å². The topological polar surface area (TPSA) is 20.2 Å². The Balaban J connectivity index is 0.000000178. The summed E-state index contributed by atoms with van der Waals surface area (Å²) in [6, 6.07) is 17.7. The molecular weight excluding hydrogens is 244 g/mol. The monoisotopic (exact) mass is 268 g/mol. The van der Waals surface area contributed by atoms with Crippen LogP contribution in [0.3, 0.4) is 0 Å². The van der Waals surface area contributed by atoms with Gasteiger partial charge in [0.1, 0.15) is 5.75 Å². The molecule has 1 heteroatoms. The summed E-state index contributed by atoms with van der Waals surface area (Å²) in [6.45, 7) is 2.19. The molecule has 1 N–H and O–H groups in total. The molecule has 3 rings (SSSR count). The van der Waals surface area contributed by atoms with Crippen LogP contribution in [0, 0.1) is 6.92 Å². The van der Waals surface area contributed by atoms with Crippen LogP contribution < -0.4 is 0 Å². The summed E-state index contributed by atoms with van der Waals surface area (Å²) in [5.74, 6) is 1.18. The average Bonchev–Trinajstić information content (AvgIpc) is 2.50. The van der Waals surface area contributed by atoms with Gasteiger partial charge in [-0.2, -0.15) is 0 Å². The zero-order chi connectivity index (χ0) is 14.2. The maximum Gasteiger partial charge on any atom is 0.115 e. The summed E-state index contributed by atoms with van der Waals surface area (Å²) in [6.07, 6.45) is 7.12. The largest absolute Gasteiger partial charge is 0.508 e. The molecule has 0 spiro atoms. The second-order valence-electron chi connectivity index (χ2n) is 5.58. The number of para-hydroxylation sites is 1. The van der Waals surface area contributed by atoms with Gasteiger partial charge in [-0.05, 0) is 43.4 Å². The highest BCUT2D eigenvalue weighted by Gasteiger charge is 2.14. The highest BCUT2D eigenvalue weighted by molar-refractivity contribution is 5.25. The van der Waals surface area contributed by atoms with Crippen LogP contribution in [0.2, 0.25) is 0 Å². The Bertz CT molecular complexity index is 498. The van der Waals surface area contributed by atoms with E-state index in [-0.39, 0.29) is 0 Å². The van der Waals surface area contributed by atoms with Crippen molar-refractivity contribution in [2.45, 2.75) is 44.9 Å². The molecule has 0 saturated heterocycles. The van der Waals surface area contributed by atoms with Crippen molar-refractivity contribution in [3.63, 3.8) is 0 Å². The van der Waals surface area contributed by atoms with Crippen molar-refractivity contribution in [3.8, 4) is 5.75 Å². The molecule has 2 aromatic carbocycles. The Kier molecular flexibility index (Phi) is 5.67. The van der Waals surface area contributed by atoms with Crippen molar-refractivity contribution in [3.05, 3.63) is 65.7 Å². The Morgan fingerprint density at radius 3 is 2.10 bits per heavy atom. The van der Waals surface area contributed by atoms with E-state index in [1.54, 1.807) is 29.8 Å². The van der Waals surface area contributed by atoms with Gasteiger partial charge in [-0.3, -0.25) is 0 Å². The number of hydrogen-bond acceptors (Lipinski definition) is 1. The van der Waals surface area contributed by atoms with Crippen molar-refractivity contribution in [1.29, 1.82) is 0 Å². The van der Waals surface area contributed by atoms with Crippen molar-refractivity contribution in [2.24, 2.45) is 0 Å². The Hall–Kier alpha value is -1.76. The van der Waals surface area contributed by atoms with Crippen molar-refractivity contribution in [2.75, 3.05) is 0 Å². The van der Waals surface area contributed by atoms with Gasteiger partial charge < -0.3 is 5.11 Å². The number of hydrogen-bond donors (Lipinski definition) is 1. The van der Waals surface area contributed by atoms with E-state index in [0.29, 0.717) is 5.75 Å². The first-order chi connectivity index (χ1) is 9.75. The van der Waals surface area contributed by atoms with Gasteiger partial charge in [0.05, 0.1) is 0 Å². The smallest absolute Gasteiger partial charge is 0.115 e. The molecule has 1 nitrogen and oxygen atoms in total.